The Balaban J connectivity index is 1.93. The third kappa shape index (κ3) is 1.59. The van der Waals surface area contributed by atoms with Crippen LogP contribution >= 0.6 is 0 Å². The van der Waals surface area contributed by atoms with Crippen molar-refractivity contribution in [3.63, 3.8) is 0 Å². The van der Waals surface area contributed by atoms with Crippen LogP contribution in [0.4, 0.5) is 5.82 Å². The summed E-state index contributed by atoms with van der Waals surface area (Å²) in [5.41, 5.74) is 0.433. The molecule has 1 saturated heterocycles. The van der Waals surface area contributed by atoms with Crippen LogP contribution in [0.15, 0.2) is 18.2 Å². The highest BCUT2D eigenvalue weighted by Crippen LogP contribution is 2.47. The molecule has 5 heteroatoms. The Morgan fingerprint density at radius 3 is 2.72 bits per heavy atom. The molecule has 2 amide bonds. The minimum absolute atomic E-state index is 0.133. The molecule has 1 aromatic rings. The molecule has 0 bridgehead atoms. The highest BCUT2D eigenvalue weighted by atomic mass is 16.2. The first-order chi connectivity index (χ1) is 8.72. The zero-order valence-corrected chi connectivity index (χ0v) is 9.46. The van der Waals surface area contributed by atoms with E-state index in [9.17, 15) is 9.59 Å². The van der Waals surface area contributed by atoms with E-state index in [1.54, 1.807) is 18.2 Å². The Labute approximate surface area is 103 Å². The molecule has 2 fully saturated rings. The van der Waals surface area contributed by atoms with E-state index in [2.05, 4.69) is 16.8 Å². The van der Waals surface area contributed by atoms with Gasteiger partial charge in [0.15, 0.2) is 0 Å². The molecule has 0 aromatic carbocycles. The van der Waals surface area contributed by atoms with Crippen LogP contribution in [-0.4, -0.2) is 28.5 Å². The quantitative estimate of drug-likeness (QED) is 0.553. The zero-order chi connectivity index (χ0) is 12.7. The van der Waals surface area contributed by atoms with E-state index >= 15 is 0 Å². The van der Waals surface area contributed by atoms with Crippen LogP contribution < -0.4 is 4.90 Å². The van der Waals surface area contributed by atoms with Gasteiger partial charge in [-0.1, -0.05) is 12.0 Å². The van der Waals surface area contributed by atoms with Crippen molar-refractivity contribution in [2.24, 2.45) is 11.8 Å². The second kappa shape index (κ2) is 3.93. The molecule has 2 heterocycles. The average molecular weight is 242 g/mol. The number of fused-ring (bicyclic) bond motifs is 1. The highest BCUT2D eigenvalue weighted by Gasteiger charge is 2.59. The molecule has 1 N–H and O–H groups in total. The monoisotopic (exact) mass is 242 g/mol. The summed E-state index contributed by atoms with van der Waals surface area (Å²) in [7, 11) is 0. The van der Waals surface area contributed by atoms with Crippen LogP contribution in [-0.2, 0) is 9.59 Å². The number of hydrogen-bond donors (Lipinski definition) is 1. The maximum absolute atomic E-state index is 11.9. The van der Waals surface area contributed by atoms with E-state index < -0.39 is 0 Å². The number of pyridine rings is 1. The van der Waals surface area contributed by atoms with Crippen LogP contribution in [0.5, 0.6) is 0 Å². The number of aromatic nitrogens is 1. The van der Waals surface area contributed by atoms with Gasteiger partial charge in [0.2, 0.25) is 11.8 Å². The van der Waals surface area contributed by atoms with Crippen molar-refractivity contribution >= 4 is 17.6 Å². The van der Waals surface area contributed by atoms with Gasteiger partial charge in [0.25, 0.3) is 0 Å². The molecule has 90 valence electrons. The standard InChI is InChI=1S/C13H10N2O3/c16-6-2-4-8-3-1-5-11(14-8)15-12(17)9-7-10(9)13(15)18/h1,3,5,9-10,16H,6-7H2. The van der Waals surface area contributed by atoms with Gasteiger partial charge in [-0.15, -0.1) is 0 Å². The summed E-state index contributed by atoms with van der Waals surface area (Å²) < 4.78 is 0. The van der Waals surface area contributed by atoms with Gasteiger partial charge >= 0.3 is 0 Å². The van der Waals surface area contributed by atoms with Gasteiger partial charge in [-0.05, 0) is 24.5 Å². The number of carbonyl (C=O) groups is 2. The first kappa shape index (κ1) is 10.9. The summed E-state index contributed by atoms with van der Waals surface area (Å²) >= 11 is 0. The molecular weight excluding hydrogens is 232 g/mol. The molecule has 1 aliphatic carbocycles. The van der Waals surface area contributed by atoms with Crippen molar-refractivity contribution in [1.29, 1.82) is 0 Å². The number of nitrogens with zero attached hydrogens (tertiary/aromatic N) is 2. The lowest BCUT2D eigenvalue weighted by Crippen LogP contribution is -2.33. The fourth-order valence-corrected chi connectivity index (χ4v) is 2.15. The molecule has 2 aliphatic rings. The summed E-state index contributed by atoms with van der Waals surface area (Å²) in [6.07, 6.45) is 0.679. The fourth-order valence-electron chi connectivity index (χ4n) is 2.15. The molecule has 3 rings (SSSR count). The predicted octanol–water partition coefficient (Wildman–Crippen LogP) is -0.0653. The Morgan fingerprint density at radius 2 is 2.06 bits per heavy atom. The van der Waals surface area contributed by atoms with Gasteiger partial charge in [0.05, 0.1) is 11.8 Å². The van der Waals surface area contributed by atoms with Crippen molar-refractivity contribution in [3.05, 3.63) is 23.9 Å². The molecule has 0 spiro atoms. The predicted molar refractivity (Wildman–Crippen MR) is 62.3 cm³/mol. The average Bonchev–Trinajstić information content (AvgIpc) is 3.12. The number of anilines is 1. The summed E-state index contributed by atoms with van der Waals surface area (Å²) in [5.74, 6) is 4.86. The smallest absolute Gasteiger partial charge is 0.238 e. The third-order valence-electron chi connectivity index (χ3n) is 3.12. The number of amides is 2. The van der Waals surface area contributed by atoms with Gasteiger partial charge in [0, 0.05) is 0 Å². The van der Waals surface area contributed by atoms with Crippen LogP contribution in [0.1, 0.15) is 12.1 Å². The van der Waals surface area contributed by atoms with Gasteiger partial charge in [-0.3, -0.25) is 9.59 Å². The van der Waals surface area contributed by atoms with Crippen LogP contribution in [0.2, 0.25) is 0 Å². The molecule has 1 aliphatic heterocycles. The first-order valence-electron chi connectivity index (χ1n) is 5.67. The molecule has 18 heavy (non-hydrogen) atoms. The van der Waals surface area contributed by atoms with E-state index in [1.807, 2.05) is 0 Å². The molecule has 1 aromatic heterocycles. The van der Waals surface area contributed by atoms with E-state index in [0.717, 1.165) is 4.90 Å². The molecule has 2 unspecified atom stereocenters. The first-order valence-corrected chi connectivity index (χ1v) is 5.67. The number of aliphatic hydroxyl groups excluding tert-OH is 1. The van der Waals surface area contributed by atoms with Gasteiger partial charge in [0.1, 0.15) is 18.1 Å². The van der Waals surface area contributed by atoms with E-state index in [-0.39, 0.29) is 30.3 Å². The lowest BCUT2D eigenvalue weighted by Gasteiger charge is -2.14. The molecule has 2 atom stereocenters. The number of piperidine rings is 1. The normalized spacial score (nSPS) is 24.6. The Hall–Kier alpha value is -2.19. The van der Waals surface area contributed by atoms with Gasteiger partial charge in [-0.25, -0.2) is 9.88 Å². The van der Waals surface area contributed by atoms with Gasteiger partial charge in [-0.2, -0.15) is 0 Å². The summed E-state index contributed by atoms with van der Waals surface area (Å²) in [6, 6.07) is 4.97. The molecule has 1 saturated carbocycles. The number of carbonyl (C=O) groups excluding carboxylic acids is 2. The van der Waals surface area contributed by atoms with Crippen molar-refractivity contribution in [1.82, 2.24) is 4.98 Å². The Kier molecular flexibility index (Phi) is 2.39. The van der Waals surface area contributed by atoms with Crippen LogP contribution in [0, 0.1) is 23.7 Å². The van der Waals surface area contributed by atoms with Crippen LogP contribution in [0.25, 0.3) is 0 Å². The zero-order valence-electron chi connectivity index (χ0n) is 9.46. The fraction of sp³-hybridized carbons (Fsp3) is 0.308. The topological polar surface area (TPSA) is 70.5 Å². The summed E-state index contributed by atoms with van der Waals surface area (Å²) in [5, 5.41) is 8.61. The second-order valence-corrected chi connectivity index (χ2v) is 4.30. The van der Waals surface area contributed by atoms with Crippen molar-refractivity contribution < 1.29 is 14.7 Å². The molecular formula is C13H10N2O3. The largest absolute Gasteiger partial charge is 0.384 e. The SMILES string of the molecule is O=C1C2CC2C(=O)N1c1cccc(C#CCO)n1. The lowest BCUT2D eigenvalue weighted by molar-refractivity contribution is -0.123. The van der Waals surface area contributed by atoms with E-state index in [4.69, 9.17) is 5.11 Å². The van der Waals surface area contributed by atoms with Crippen molar-refractivity contribution in [2.45, 2.75) is 6.42 Å². The summed E-state index contributed by atoms with van der Waals surface area (Å²) in [4.78, 5) is 29.0. The second-order valence-electron chi connectivity index (χ2n) is 4.30. The van der Waals surface area contributed by atoms with Gasteiger partial charge < -0.3 is 5.11 Å². The minimum Gasteiger partial charge on any atom is -0.384 e. The highest BCUT2D eigenvalue weighted by molar-refractivity contribution is 6.24. The molecule has 0 radical (unpaired) electrons. The molecule has 5 nitrogen and oxygen atoms in total. The van der Waals surface area contributed by atoms with Crippen molar-refractivity contribution in [3.8, 4) is 11.8 Å². The number of hydrogen-bond acceptors (Lipinski definition) is 4. The lowest BCUT2D eigenvalue weighted by atomic mass is 10.3. The maximum atomic E-state index is 11.9. The summed E-state index contributed by atoms with van der Waals surface area (Å²) in [6.45, 7) is -0.252. The van der Waals surface area contributed by atoms with E-state index in [1.165, 1.54) is 0 Å². The van der Waals surface area contributed by atoms with Crippen molar-refractivity contribution in [2.75, 3.05) is 11.5 Å². The number of rotatable bonds is 1. The number of aliphatic hydroxyl groups is 1. The minimum atomic E-state index is -0.252. The van der Waals surface area contributed by atoms with Crippen LogP contribution in [0.3, 0.4) is 0 Å². The van der Waals surface area contributed by atoms with E-state index in [0.29, 0.717) is 17.9 Å². The third-order valence-corrected chi connectivity index (χ3v) is 3.12. The Bertz CT molecular complexity index is 580. The Morgan fingerprint density at radius 1 is 1.33 bits per heavy atom. The maximum Gasteiger partial charge on any atom is 0.238 e. The number of imide groups is 1.